The van der Waals surface area contributed by atoms with E-state index in [0.717, 1.165) is 38.9 Å². The molecule has 0 aromatic heterocycles. The van der Waals surface area contributed by atoms with Crippen molar-refractivity contribution in [2.45, 2.75) is 37.3 Å². The van der Waals surface area contributed by atoms with Crippen molar-refractivity contribution in [3.63, 3.8) is 0 Å². The topological polar surface area (TPSA) is 49.5 Å². The lowest BCUT2D eigenvalue weighted by Gasteiger charge is -2.53. The van der Waals surface area contributed by atoms with Crippen LogP contribution in [0.1, 0.15) is 26.2 Å². The molecule has 14 heavy (non-hydrogen) atoms. The van der Waals surface area contributed by atoms with Crippen LogP contribution < -0.4 is 5.73 Å². The zero-order valence-electron chi connectivity index (χ0n) is 8.87. The molecule has 3 aliphatic heterocycles. The summed E-state index contributed by atoms with van der Waals surface area (Å²) >= 11 is 0. The molecule has 0 amide bonds. The van der Waals surface area contributed by atoms with Crippen LogP contribution in [-0.2, 0) is 0 Å². The van der Waals surface area contributed by atoms with Crippen LogP contribution in [0.2, 0.25) is 0 Å². The van der Waals surface area contributed by atoms with E-state index in [4.69, 9.17) is 5.73 Å². The lowest BCUT2D eigenvalue weighted by Crippen LogP contribution is -2.68. The number of hydrogen-bond acceptors (Lipinski definition) is 3. The third-order valence-corrected chi connectivity index (χ3v) is 4.90. The Morgan fingerprint density at radius 2 is 1.93 bits per heavy atom. The first-order valence-corrected chi connectivity index (χ1v) is 5.80. The van der Waals surface area contributed by atoms with E-state index in [1.807, 2.05) is 0 Å². The summed E-state index contributed by atoms with van der Waals surface area (Å²) in [5, 5.41) is 10.8. The van der Waals surface area contributed by atoms with Gasteiger partial charge in [0.25, 0.3) is 0 Å². The molecule has 1 saturated carbocycles. The molecular formula is C11H20N2O. The highest BCUT2D eigenvalue weighted by molar-refractivity contribution is 5.22. The Morgan fingerprint density at radius 1 is 1.36 bits per heavy atom. The summed E-state index contributed by atoms with van der Waals surface area (Å²) < 4.78 is 0. The second-order valence-electron chi connectivity index (χ2n) is 5.62. The van der Waals surface area contributed by atoms with Gasteiger partial charge in [-0.25, -0.2) is 0 Å². The van der Waals surface area contributed by atoms with Crippen molar-refractivity contribution >= 4 is 0 Å². The minimum atomic E-state index is -0.580. The van der Waals surface area contributed by atoms with Crippen LogP contribution in [0.4, 0.5) is 0 Å². The summed E-state index contributed by atoms with van der Waals surface area (Å²) in [4.78, 5) is 2.37. The Labute approximate surface area is 85.3 Å². The standard InChI is InChI=1S/C11H20N2O/c1-8-6-10(8,12)11(14)7-13-4-2-9(11)3-5-13/h8-9,14H,2-7,12H2,1H3. The van der Waals surface area contributed by atoms with E-state index in [1.54, 1.807) is 0 Å². The highest BCUT2D eigenvalue weighted by Crippen LogP contribution is 2.55. The van der Waals surface area contributed by atoms with Gasteiger partial charge >= 0.3 is 0 Å². The lowest BCUT2D eigenvalue weighted by molar-refractivity contribution is -0.135. The quantitative estimate of drug-likeness (QED) is 0.629. The van der Waals surface area contributed by atoms with Crippen molar-refractivity contribution in [1.82, 2.24) is 4.90 Å². The first-order valence-electron chi connectivity index (χ1n) is 5.80. The Bertz CT molecular complexity index is 262. The van der Waals surface area contributed by atoms with Crippen LogP contribution in [0, 0.1) is 11.8 Å². The van der Waals surface area contributed by atoms with Gasteiger partial charge in [-0.1, -0.05) is 6.92 Å². The molecule has 0 aromatic carbocycles. The molecule has 80 valence electrons. The van der Waals surface area contributed by atoms with E-state index in [0.29, 0.717) is 11.8 Å². The molecule has 0 spiro atoms. The maximum atomic E-state index is 10.8. The highest BCUT2D eigenvalue weighted by atomic mass is 16.3. The molecule has 2 bridgehead atoms. The van der Waals surface area contributed by atoms with Gasteiger partial charge in [0.1, 0.15) is 0 Å². The number of aliphatic hydroxyl groups is 1. The molecular weight excluding hydrogens is 176 g/mol. The third-order valence-electron chi connectivity index (χ3n) is 4.90. The van der Waals surface area contributed by atoms with Crippen molar-refractivity contribution in [2.75, 3.05) is 19.6 Å². The van der Waals surface area contributed by atoms with E-state index in [2.05, 4.69) is 11.8 Å². The predicted molar refractivity (Wildman–Crippen MR) is 54.8 cm³/mol. The summed E-state index contributed by atoms with van der Waals surface area (Å²) in [5.74, 6) is 0.968. The summed E-state index contributed by atoms with van der Waals surface area (Å²) in [6.45, 7) is 5.31. The minimum Gasteiger partial charge on any atom is -0.386 e. The van der Waals surface area contributed by atoms with Crippen LogP contribution >= 0.6 is 0 Å². The summed E-state index contributed by atoms with van der Waals surface area (Å²) in [6, 6.07) is 0. The second-order valence-corrected chi connectivity index (χ2v) is 5.62. The van der Waals surface area contributed by atoms with Gasteiger partial charge in [0.2, 0.25) is 0 Å². The average molecular weight is 196 g/mol. The Hall–Kier alpha value is -0.120. The van der Waals surface area contributed by atoms with Gasteiger partial charge in [0.05, 0.1) is 5.60 Å². The Kier molecular flexibility index (Phi) is 1.64. The van der Waals surface area contributed by atoms with Crippen molar-refractivity contribution in [2.24, 2.45) is 17.6 Å². The minimum absolute atomic E-state index is 0.267. The van der Waals surface area contributed by atoms with Gasteiger partial charge in [-0.3, -0.25) is 0 Å². The maximum Gasteiger partial charge on any atom is 0.0983 e. The molecule has 3 heterocycles. The number of nitrogens with zero attached hydrogens (tertiary/aromatic N) is 1. The summed E-state index contributed by atoms with van der Waals surface area (Å²) in [5.41, 5.74) is 5.46. The van der Waals surface area contributed by atoms with Crippen LogP contribution in [0.15, 0.2) is 0 Å². The fraction of sp³-hybridized carbons (Fsp3) is 1.00. The fourth-order valence-electron chi connectivity index (χ4n) is 3.62. The molecule has 1 aliphatic carbocycles. The third kappa shape index (κ3) is 0.930. The first kappa shape index (κ1) is 9.13. The van der Waals surface area contributed by atoms with Crippen molar-refractivity contribution in [3.05, 3.63) is 0 Å². The zero-order valence-corrected chi connectivity index (χ0v) is 8.87. The van der Waals surface area contributed by atoms with Gasteiger partial charge in [-0.05, 0) is 44.2 Å². The van der Waals surface area contributed by atoms with Crippen molar-refractivity contribution in [3.8, 4) is 0 Å². The van der Waals surface area contributed by atoms with E-state index in [1.165, 1.54) is 0 Å². The van der Waals surface area contributed by atoms with Crippen LogP contribution in [0.5, 0.6) is 0 Å². The largest absolute Gasteiger partial charge is 0.386 e. The molecule has 3 atom stereocenters. The maximum absolute atomic E-state index is 10.8. The SMILES string of the molecule is CC1CC1(N)C1(O)CN2CCC1CC2. The monoisotopic (exact) mass is 196 g/mol. The van der Waals surface area contributed by atoms with E-state index >= 15 is 0 Å². The number of fused-ring (bicyclic) bond motifs is 3. The van der Waals surface area contributed by atoms with Gasteiger partial charge in [-0.15, -0.1) is 0 Å². The Balaban J connectivity index is 1.90. The zero-order chi connectivity index (χ0) is 9.97. The molecule has 3 nitrogen and oxygen atoms in total. The Morgan fingerprint density at radius 3 is 2.29 bits per heavy atom. The molecule has 0 aromatic rings. The molecule has 3 N–H and O–H groups in total. The lowest BCUT2D eigenvalue weighted by atomic mass is 9.69. The molecule has 4 aliphatic rings. The number of rotatable bonds is 1. The van der Waals surface area contributed by atoms with E-state index in [9.17, 15) is 5.11 Å². The van der Waals surface area contributed by atoms with E-state index in [-0.39, 0.29) is 5.54 Å². The van der Waals surface area contributed by atoms with Gasteiger partial charge in [0, 0.05) is 12.1 Å². The fourth-order valence-corrected chi connectivity index (χ4v) is 3.62. The van der Waals surface area contributed by atoms with Crippen molar-refractivity contribution in [1.29, 1.82) is 0 Å². The van der Waals surface area contributed by atoms with E-state index < -0.39 is 5.60 Å². The molecule has 3 heteroatoms. The van der Waals surface area contributed by atoms with Gasteiger partial charge in [-0.2, -0.15) is 0 Å². The van der Waals surface area contributed by atoms with Crippen molar-refractivity contribution < 1.29 is 5.11 Å². The van der Waals surface area contributed by atoms with Crippen LogP contribution in [-0.4, -0.2) is 40.8 Å². The predicted octanol–water partition coefficient (Wildman–Crippen LogP) is 0.180. The summed E-state index contributed by atoms with van der Waals surface area (Å²) in [6.07, 6.45) is 3.29. The number of piperidine rings is 3. The van der Waals surface area contributed by atoms with Crippen LogP contribution in [0.25, 0.3) is 0 Å². The highest BCUT2D eigenvalue weighted by Gasteiger charge is 2.66. The second kappa shape index (κ2) is 2.52. The molecule has 3 saturated heterocycles. The molecule has 0 radical (unpaired) electrons. The first-order chi connectivity index (χ1) is 6.56. The van der Waals surface area contributed by atoms with Gasteiger partial charge < -0.3 is 15.7 Å². The normalized spacial score (nSPS) is 61.5. The summed E-state index contributed by atoms with van der Waals surface area (Å²) in [7, 11) is 0. The molecule has 3 unspecified atom stereocenters. The number of hydrogen-bond donors (Lipinski definition) is 2. The number of nitrogens with two attached hydrogens (primary N) is 1. The smallest absolute Gasteiger partial charge is 0.0983 e. The average Bonchev–Trinajstić information content (AvgIpc) is 2.78. The molecule has 4 rings (SSSR count). The molecule has 4 fully saturated rings. The van der Waals surface area contributed by atoms with Crippen LogP contribution in [0.3, 0.4) is 0 Å². The van der Waals surface area contributed by atoms with Gasteiger partial charge in [0.15, 0.2) is 0 Å².